The molecule has 3 unspecified atom stereocenters. The number of nitrogens with zero attached hydrogens (tertiary/aromatic N) is 4. The number of likely N-dealkylation sites (N-methyl/N-ethyl adjacent to an activating group) is 1. The fourth-order valence-electron chi connectivity index (χ4n) is 2.62. The maximum Gasteiger partial charge on any atom is 0.374 e. The molecule has 3 heterocycles. The van der Waals surface area contributed by atoms with Gasteiger partial charge in [0.1, 0.15) is 12.2 Å². The van der Waals surface area contributed by atoms with E-state index in [2.05, 4.69) is 25.6 Å². The van der Waals surface area contributed by atoms with Crippen LogP contribution < -0.4 is 10.6 Å². The normalized spacial score (nSPS) is 25.9. The third kappa shape index (κ3) is 2.65. The van der Waals surface area contributed by atoms with Crippen molar-refractivity contribution in [2.24, 2.45) is 0 Å². The molecule has 0 aromatic carbocycles. The number of imidazole rings is 1. The van der Waals surface area contributed by atoms with E-state index in [1.54, 1.807) is 7.05 Å². The number of carbonyl (C=O) groups excluding carboxylic acids is 1. The number of rotatable bonds is 4. The second-order valence-corrected chi connectivity index (χ2v) is 5.32. The molecule has 12 nitrogen and oxygen atoms in total. The van der Waals surface area contributed by atoms with Gasteiger partial charge in [0.15, 0.2) is 29.3 Å². The summed E-state index contributed by atoms with van der Waals surface area (Å²) in [5.74, 6) is -2.25. The van der Waals surface area contributed by atoms with Crippen LogP contribution in [0.1, 0.15) is 16.8 Å². The van der Waals surface area contributed by atoms with Crippen LogP contribution in [0.4, 0.5) is 5.82 Å². The van der Waals surface area contributed by atoms with Gasteiger partial charge in [0, 0.05) is 14.1 Å². The van der Waals surface area contributed by atoms with Crippen LogP contribution in [0.5, 0.6) is 0 Å². The highest BCUT2D eigenvalue weighted by molar-refractivity contribution is 5.90. The molecule has 1 fully saturated rings. The quantitative estimate of drug-likeness (QED) is 0.411. The van der Waals surface area contributed by atoms with Gasteiger partial charge in [-0.1, -0.05) is 0 Å². The minimum absolute atomic E-state index is 0.0746. The minimum atomic E-state index is -1.47. The Morgan fingerprint density at radius 1 is 1.24 bits per heavy atom. The van der Waals surface area contributed by atoms with Gasteiger partial charge in [-0.2, -0.15) is 0 Å². The number of carbonyl (C=O) groups is 2. The molecule has 2 aromatic rings. The van der Waals surface area contributed by atoms with Crippen molar-refractivity contribution in [3.8, 4) is 0 Å². The topological polar surface area (TPSA) is 172 Å². The van der Waals surface area contributed by atoms with Crippen LogP contribution in [-0.4, -0.2) is 79.1 Å². The number of aliphatic hydroxyl groups excluding tert-OH is 2. The molecule has 0 radical (unpaired) electrons. The molecule has 134 valence electrons. The monoisotopic (exact) mass is 352 g/mol. The molecule has 12 heteroatoms. The number of ether oxygens (including phenoxy) is 1. The van der Waals surface area contributed by atoms with Gasteiger partial charge in [-0.3, -0.25) is 9.36 Å². The number of fused-ring (bicyclic) bond motifs is 1. The fraction of sp³-hybridized carbons (Fsp3) is 0.462. The van der Waals surface area contributed by atoms with Crippen molar-refractivity contribution in [2.45, 2.75) is 24.5 Å². The molecular weight excluding hydrogens is 336 g/mol. The van der Waals surface area contributed by atoms with Gasteiger partial charge in [0.2, 0.25) is 5.82 Å². The lowest BCUT2D eigenvalue weighted by Gasteiger charge is -2.16. The molecule has 1 aliphatic heterocycles. The van der Waals surface area contributed by atoms with E-state index in [0.29, 0.717) is 0 Å². The first kappa shape index (κ1) is 17.0. The molecule has 0 saturated carbocycles. The van der Waals surface area contributed by atoms with E-state index in [0.717, 1.165) is 0 Å². The average Bonchev–Trinajstić information content (AvgIpc) is 3.15. The highest BCUT2D eigenvalue weighted by Gasteiger charge is 2.47. The molecule has 5 N–H and O–H groups in total. The molecule has 2 aromatic heterocycles. The molecule has 1 saturated heterocycles. The Kier molecular flexibility index (Phi) is 4.24. The van der Waals surface area contributed by atoms with Crippen molar-refractivity contribution in [3.63, 3.8) is 0 Å². The minimum Gasteiger partial charge on any atom is -0.475 e. The van der Waals surface area contributed by atoms with E-state index in [-0.39, 0.29) is 17.0 Å². The lowest BCUT2D eigenvalue weighted by molar-refractivity contribution is -0.137. The Hall–Kier alpha value is -2.83. The number of carboxylic acids is 1. The highest BCUT2D eigenvalue weighted by Crippen LogP contribution is 2.32. The summed E-state index contributed by atoms with van der Waals surface area (Å²) in [6.07, 6.45) is -4.11. The molecular formula is C13H16N6O6. The van der Waals surface area contributed by atoms with Crippen LogP contribution in [0.2, 0.25) is 0 Å². The first-order chi connectivity index (χ1) is 11.9. The third-order valence-electron chi connectivity index (χ3n) is 3.87. The van der Waals surface area contributed by atoms with Crippen LogP contribution >= 0.6 is 0 Å². The zero-order chi connectivity index (χ0) is 18.3. The zero-order valence-corrected chi connectivity index (χ0v) is 13.2. The molecule has 1 aliphatic rings. The summed E-state index contributed by atoms with van der Waals surface area (Å²) in [4.78, 5) is 34.8. The van der Waals surface area contributed by atoms with Gasteiger partial charge in [0.05, 0.1) is 6.33 Å². The lowest BCUT2D eigenvalue weighted by Crippen LogP contribution is -2.41. The number of aliphatic hydroxyl groups is 2. The van der Waals surface area contributed by atoms with Crippen LogP contribution in [0.15, 0.2) is 6.33 Å². The van der Waals surface area contributed by atoms with E-state index in [1.807, 2.05) is 0 Å². The lowest BCUT2D eigenvalue weighted by atomic mass is 10.1. The Balaban J connectivity index is 2.08. The van der Waals surface area contributed by atoms with E-state index in [1.165, 1.54) is 17.9 Å². The standard InChI is InChI=1S/C13H16N6O6/c1-14-8-4-10(18-9(17-8)13(23)24)19(3-16-4)12-6(21)5(20)7(25-12)11(22)15-2/h3,5-7,12,20-21H,1-2H3,(H,15,22)(H,23,24)(H,14,17,18)/t5?,6?,7-,12?/m0/s1. The number of carboxylic acid groups (broad SMARTS) is 1. The van der Waals surface area contributed by atoms with Gasteiger partial charge in [-0.15, -0.1) is 0 Å². The molecule has 0 spiro atoms. The van der Waals surface area contributed by atoms with Crippen LogP contribution in [0.3, 0.4) is 0 Å². The van der Waals surface area contributed by atoms with Crippen molar-refractivity contribution >= 4 is 28.9 Å². The summed E-state index contributed by atoms with van der Waals surface area (Å²) in [5, 5.41) is 34.5. The maximum atomic E-state index is 11.7. The van der Waals surface area contributed by atoms with Gasteiger partial charge in [-0.25, -0.2) is 19.7 Å². The number of amides is 1. The SMILES string of the molecule is CNC(=O)[C@H]1OC(n2cnc3c(NC)nc(C(=O)O)nc32)C(O)C1O. The molecule has 25 heavy (non-hydrogen) atoms. The molecule has 0 aliphatic carbocycles. The Labute approximate surface area is 140 Å². The largest absolute Gasteiger partial charge is 0.475 e. The molecule has 1 amide bonds. The number of aromatic nitrogens is 4. The molecule has 0 bridgehead atoms. The van der Waals surface area contributed by atoms with Gasteiger partial charge in [0.25, 0.3) is 5.91 Å². The smallest absolute Gasteiger partial charge is 0.374 e. The van der Waals surface area contributed by atoms with E-state index in [9.17, 15) is 19.8 Å². The summed E-state index contributed by atoms with van der Waals surface area (Å²) in [6.45, 7) is 0. The van der Waals surface area contributed by atoms with Crippen LogP contribution in [0.25, 0.3) is 11.2 Å². The number of hydrogen-bond acceptors (Lipinski definition) is 9. The predicted octanol–water partition coefficient (Wildman–Crippen LogP) is -2.07. The van der Waals surface area contributed by atoms with E-state index >= 15 is 0 Å². The molecule has 4 atom stereocenters. The van der Waals surface area contributed by atoms with Crippen molar-refractivity contribution in [3.05, 3.63) is 12.2 Å². The second-order valence-electron chi connectivity index (χ2n) is 5.32. The first-order valence-corrected chi connectivity index (χ1v) is 7.27. The van der Waals surface area contributed by atoms with Crippen LogP contribution in [-0.2, 0) is 9.53 Å². The highest BCUT2D eigenvalue weighted by atomic mass is 16.6. The number of anilines is 1. The van der Waals surface area contributed by atoms with E-state index < -0.39 is 42.2 Å². The molecule has 3 rings (SSSR count). The Morgan fingerprint density at radius 3 is 2.56 bits per heavy atom. The van der Waals surface area contributed by atoms with Gasteiger partial charge in [-0.05, 0) is 0 Å². The predicted molar refractivity (Wildman–Crippen MR) is 81.8 cm³/mol. The van der Waals surface area contributed by atoms with Crippen molar-refractivity contribution in [2.75, 3.05) is 19.4 Å². The van der Waals surface area contributed by atoms with E-state index in [4.69, 9.17) is 9.84 Å². The Morgan fingerprint density at radius 2 is 1.96 bits per heavy atom. The third-order valence-corrected chi connectivity index (χ3v) is 3.87. The second kappa shape index (κ2) is 6.23. The van der Waals surface area contributed by atoms with Crippen LogP contribution in [0, 0.1) is 0 Å². The van der Waals surface area contributed by atoms with Crippen molar-refractivity contribution in [1.82, 2.24) is 24.8 Å². The summed E-state index contributed by atoms with van der Waals surface area (Å²) < 4.78 is 6.70. The summed E-state index contributed by atoms with van der Waals surface area (Å²) in [5.41, 5.74) is 0.326. The summed E-state index contributed by atoms with van der Waals surface area (Å²) >= 11 is 0. The number of hydrogen-bond donors (Lipinski definition) is 5. The van der Waals surface area contributed by atoms with Gasteiger partial charge < -0.3 is 30.7 Å². The number of aromatic carboxylic acids is 1. The van der Waals surface area contributed by atoms with Crippen molar-refractivity contribution in [1.29, 1.82) is 0 Å². The van der Waals surface area contributed by atoms with Gasteiger partial charge >= 0.3 is 5.97 Å². The first-order valence-electron chi connectivity index (χ1n) is 7.27. The summed E-state index contributed by atoms with van der Waals surface area (Å²) in [6, 6.07) is 0. The summed E-state index contributed by atoms with van der Waals surface area (Å²) in [7, 11) is 2.91. The number of nitrogens with one attached hydrogen (secondary N) is 2. The average molecular weight is 352 g/mol. The maximum absolute atomic E-state index is 11.7. The fourth-order valence-corrected chi connectivity index (χ4v) is 2.62. The Bertz CT molecular complexity index is 838. The zero-order valence-electron chi connectivity index (χ0n) is 13.2. The van der Waals surface area contributed by atoms with Crippen molar-refractivity contribution < 1.29 is 29.6 Å².